The van der Waals surface area contributed by atoms with Crippen molar-refractivity contribution < 1.29 is 9.18 Å². The number of nitrogens with one attached hydrogen (secondary N) is 1. The average Bonchev–Trinajstić information content (AvgIpc) is 2.37. The van der Waals surface area contributed by atoms with Gasteiger partial charge in [-0.15, -0.1) is 0 Å². The summed E-state index contributed by atoms with van der Waals surface area (Å²) in [5, 5.41) is 0.345. The molecule has 0 fully saturated rings. The summed E-state index contributed by atoms with van der Waals surface area (Å²) in [4.78, 5) is 29.7. The molecule has 0 saturated heterocycles. The number of halogens is 1. The van der Waals surface area contributed by atoms with Crippen molar-refractivity contribution in [3.05, 3.63) is 57.4 Å². The Morgan fingerprint density at radius 2 is 1.95 bits per heavy atom. The third kappa shape index (κ3) is 3.58. The number of carbonyl (C=O) groups excluding carboxylic acids is 1. The molecule has 0 bridgehead atoms. The number of hydrogen-bond donors (Lipinski definition) is 1. The van der Waals surface area contributed by atoms with Gasteiger partial charge in [-0.25, -0.2) is 9.18 Å². The molecule has 0 unspecified atom stereocenters. The van der Waals surface area contributed by atoms with Crippen molar-refractivity contribution in [1.82, 2.24) is 9.97 Å². The van der Waals surface area contributed by atoms with Crippen LogP contribution in [-0.2, 0) is 0 Å². The molecule has 1 aromatic carbocycles. The van der Waals surface area contributed by atoms with Crippen molar-refractivity contribution in [2.45, 2.75) is 31.0 Å². The van der Waals surface area contributed by atoms with Gasteiger partial charge >= 0.3 is 5.69 Å². The molecule has 0 spiro atoms. The van der Waals surface area contributed by atoms with Crippen LogP contribution in [0.3, 0.4) is 0 Å². The van der Waals surface area contributed by atoms with E-state index in [1.54, 1.807) is 19.1 Å². The fraction of sp³-hybridized carbons (Fsp3) is 0.267. The van der Waals surface area contributed by atoms with Crippen molar-refractivity contribution in [2.24, 2.45) is 0 Å². The van der Waals surface area contributed by atoms with E-state index in [0.29, 0.717) is 16.3 Å². The van der Waals surface area contributed by atoms with Crippen molar-refractivity contribution in [2.75, 3.05) is 0 Å². The van der Waals surface area contributed by atoms with E-state index < -0.39 is 5.69 Å². The molecule has 6 heteroatoms. The van der Waals surface area contributed by atoms with Crippen LogP contribution < -0.4 is 5.69 Å². The number of Topliss-reactive ketones (excluding diaryl/α,β-unsaturated/α-hetero) is 1. The maximum Gasteiger partial charge on any atom is 0.346 e. The molecule has 1 aromatic heterocycles. The van der Waals surface area contributed by atoms with Crippen LogP contribution in [0.4, 0.5) is 4.39 Å². The third-order valence-corrected chi connectivity index (χ3v) is 4.21. The van der Waals surface area contributed by atoms with Gasteiger partial charge in [0.15, 0.2) is 5.78 Å². The molecule has 1 N–H and O–H groups in total. The molecule has 1 heterocycles. The summed E-state index contributed by atoms with van der Waals surface area (Å²) in [7, 11) is 0. The van der Waals surface area contributed by atoms with Crippen LogP contribution in [-0.4, -0.2) is 15.8 Å². The number of rotatable bonds is 4. The Hall–Kier alpha value is -1.95. The highest BCUT2D eigenvalue weighted by Gasteiger charge is 2.17. The minimum absolute atomic E-state index is 0.0580. The zero-order chi connectivity index (χ0) is 15.6. The fourth-order valence-electron chi connectivity index (χ4n) is 2.03. The predicted octanol–water partition coefficient (Wildman–Crippen LogP) is 3.27. The van der Waals surface area contributed by atoms with Crippen molar-refractivity contribution in [3.8, 4) is 0 Å². The number of aromatic nitrogens is 2. The van der Waals surface area contributed by atoms with E-state index in [9.17, 15) is 14.0 Å². The largest absolute Gasteiger partial charge is 0.346 e. The molecule has 0 aliphatic heterocycles. The smallest absolute Gasteiger partial charge is 0.309 e. The van der Waals surface area contributed by atoms with Crippen molar-refractivity contribution in [3.63, 3.8) is 0 Å². The van der Waals surface area contributed by atoms with Crippen LogP contribution in [0.2, 0.25) is 0 Å². The van der Waals surface area contributed by atoms with Gasteiger partial charge in [0.25, 0.3) is 0 Å². The Morgan fingerprint density at radius 1 is 1.33 bits per heavy atom. The molecule has 21 heavy (non-hydrogen) atoms. The summed E-state index contributed by atoms with van der Waals surface area (Å²) in [5.41, 5.74) is 1.35. The Bertz CT molecular complexity index is 725. The highest BCUT2D eigenvalue weighted by molar-refractivity contribution is 7.99. The van der Waals surface area contributed by atoms with Gasteiger partial charge in [0.2, 0.25) is 0 Å². The molecule has 2 aromatic rings. The number of nitrogens with zero attached hydrogens (tertiary/aromatic N) is 1. The van der Waals surface area contributed by atoms with E-state index >= 15 is 0 Å². The lowest BCUT2D eigenvalue weighted by atomic mass is 10.2. The normalized spacial score (nSPS) is 12.2. The van der Waals surface area contributed by atoms with Crippen LogP contribution >= 0.6 is 11.8 Å². The first-order valence-electron chi connectivity index (χ1n) is 6.42. The van der Waals surface area contributed by atoms with E-state index in [0.717, 1.165) is 5.56 Å². The standard InChI is InChI=1S/C15H15FN2O2S/c1-8-13(9(2)19)14(18-15(20)17-8)21-10(3)11-4-6-12(16)7-5-11/h4-7,10H,1-3H3,(H,17,18,20)/t10-/m0/s1. The first-order chi connectivity index (χ1) is 9.88. The van der Waals surface area contributed by atoms with Gasteiger partial charge in [0, 0.05) is 10.9 Å². The van der Waals surface area contributed by atoms with Gasteiger partial charge in [-0.2, -0.15) is 4.98 Å². The molecule has 4 nitrogen and oxygen atoms in total. The van der Waals surface area contributed by atoms with Crippen LogP contribution in [0.1, 0.15) is 40.7 Å². The Kier molecular flexibility index (Phi) is 4.57. The van der Waals surface area contributed by atoms with Crippen molar-refractivity contribution in [1.29, 1.82) is 0 Å². The fourth-order valence-corrected chi connectivity index (χ4v) is 3.21. The van der Waals surface area contributed by atoms with Gasteiger partial charge in [-0.1, -0.05) is 23.9 Å². The lowest BCUT2D eigenvalue weighted by Crippen LogP contribution is -2.17. The van der Waals surface area contributed by atoms with Crippen LogP contribution in [0.15, 0.2) is 34.1 Å². The topological polar surface area (TPSA) is 62.8 Å². The summed E-state index contributed by atoms with van der Waals surface area (Å²) < 4.78 is 12.9. The van der Waals surface area contributed by atoms with Crippen LogP contribution in [0, 0.1) is 12.7 Å². The minimum Gasteiger partial charge on any atom is -0.309 e. The second-order valence-electron chi connectivity index (χ2n) is 4.71. The second-order valence-corrected chi connectivity index (χ2v) is 6.04. The first kappa shape index (κ1) is 15.4. The van der Waals surface area contributed by atoms with Gasteiger partial charge in [-0.05, 0) is 38.5 Å². The number of hydrogen-bond acceptors (Lipinski definition) is 4. The zero-order valence-electron chi connectivity index (χ0n) is 11.9. The summed E-state index contributed by atoms with van der Waals surface area (Å²) >= 11 is 1.31. The van der Waals surface area contributed by atoms with Gasteiger partial charge in [0.05, 0.1) is 5.56 Å². The summed E-state index contributed by atoms with van der Waals surface area (Å²) in [6, 6.07) is 6.13. The number of thioether (sulfide) groups is 1. The van der Waals surface area contributed by atoms with Crippen molar-refractivity contribution >= 4 is 17.5 Å². The van der Waals surface area contributed by atoms with Crippen LogP contribution in [0.25, 0.3) is 0 Å². The van der Waals surface area contributed by atoms with Gasteiger partial charge in [-0.3, -0.25) is 4.79 Å². The molecule has 0 aliphatic rings. The summed E-state index contributed by atoms with van der Waals surface area (Å²) in [5.74, 6) is -0.449. The average molecular weight is 306 g/mol. The Labute approximate surface area is 125 Å². The highest BCUT2D eigenvalue weighted by Crippen LogP contribution is 2.35. The number of ketones is 1. The maximum atomic E-state index is 12.9. The number of benzene rings is 1. The maximum absolute atomic E-state index is 12.9. The van der Waals surface area contributed by atoms with Crippen LogP contribution in [0.5, 0.6) is 0 Å². The summed E-state index contributed by atoms with van der Waals surface area (Å²) in [6.45, 7) is 5.03. The monoisotopic (exact) mass is 306 g/mol. The van der Waals surface area contributed by atoms with E-state index in [4.69, 9.17) is 0 Å². The first-order valence-corrected chi connectivity index (χ1v) is 7.30. The third-order valence-electron chi connectivity index (χ3n) is 3.07. The lowest BCUT2D eigenvalue weighted by molar-refractivity contribution is 0.101. The number of H-pyrrole nitrogens is 1. The van der Waals surface area contributed by atoms with E-state index in [1.807, 2.05) is 6.92 Å². The summed E-state index contributed by atoms with van der Waals surface area (Å²) in [6.07, 6.45) is 0. The Balaban J connectivity index is 2.36. The molecule has 0 saturated carbocycles. The van der Waals surface area contributed by atoms with E-state index in [2.05, 4.69) is 9.97 Å². The van der Waals surface area contributed by atoms with E-state index in [1.165, 1.54) is 30.8 Å². The van der Waals surface area contributed by atoms with Gasteiger partial charge in [0.1, 0.15) is 10.8 Å². The molecule has 2 rings (SSSR count). The molecule has 0 amide bonds. The lowest BCUT2D eigenvalue weighted by Gasteiger charge is -2.13. The molecule has 1 atom stereocenters. The Morgan fingerprint density at radius 3 is 2.52 bits per heavy atom. The molecule has 0 aliphatic carbocycles. The number of carbonyl (C=O) groups is 1. The quantitative estimate of drug-likeness (QED) is 0.535. The number of aromatic amines is 1. The number of aryl methyl sites for hydroxylation is 1. The van der Waals surface area contributed by atoms with Gasteiger partial charge < -0.3 is 4.98 Å². The predicted molar refractivity (Wildman–Crippen MR) is 80.3 cm³/mol. The second kappa shape index (κ2) is 6.22. The minimum atomic E-state index is -0.480. The molecular formula is C15H15FN2O2S. The molecular weight excluding hydrogens is 291 g/mol. The molecule has 110 valence electrons. The zero-order valence-corrected chi connectivity index (χ0v) is 12.8. The van der Waals surface area contributed by atoms with E-state index in [-0.39, 0.29) is 16.9 Å². The molecule has 0 radical (unpaired) electrons. The SMILES string of the molecule is CC(=O)c1c(S[C@@H](C)c2ccc(F)cc2)nc(=O)[nH]c1C. The highest BCUT2D eigenvalue weighted by atomic mass is 32.2.